The van der Waals surface area contributed by atoms with Gasteiger partial charge in [-0.3, -0.25) is 4.79 Å². The van der Waals surface area contributed by atoms with Gasteiger partial charge < -0.3 is 5.32 Å². The van der Waals surface area contributed by atoms with Crippen molar-refractivity contribution in [1.82, 2.24) is 5.32 Å². The summed E-state index contributed by atoms with van der Waals surface area (Å²) < 4.78 is 0. The molecule has 0 radical (unpaired) electrons. The highest BCUT2D eigenvalue weighted by atomic mass is 35.5. The first-order chi connectivity index (χ1) is 5.29. The van der Waals surface area contributed by atoms with E-state index in [1.165, 1.54) is 18.5 Å². The predicted octanol–water partition coefficient (Wildman–Crippen LogP) is 2.22. The normalized spacial score (nSPS) is 15.9. The third-order valence-electron chi connectivity index (χ3n) is 1.75. The number of carbonyl (C=O) groups excluding carboxylic acids is 1. The molecule has 0 fully saturated rings. The second-order valence-corrected chi connectivity index (χ2v) is 3.11. The van der Waals surface area contributed by atoms with Crippen molar-refractivity contribution in [3.8, 4) is 0 Å². The van der Waals surface area contributed by atoms with Crippen LogP contribution in [0, 0.1) is 0 Å². The van der Waals surface area contributed by atoms with Gasteiger partial charge in [0.1, 0.15) is 0 Å². The third-order valence-corrected chi connectivity index (χ3v) is 1.88. The zero-order valence-electron chi connectivity index (χ0n) is 6.81. The average molecular weight is 210 g/mol. The van der Waals surface area contributed by atoms with E-state index in [0.717, 1.165) is 12.8 Å². The molecule has 0 unspecified atom stereocenters. The Morgan fingerprint density at radius 3 is 2.83 bits per heavy atom. The van der Waals surface area contributed by atoms with Gasteiger partial charge in [0, 0.05) is 5.70 Å². The van der Waals surface area contributed by atoms with Gasteiger partial charge in [0.2, 0.25) is 5.24 Å². The molecule has 0 aromatic carbocycles. The molecule has 0 bridgehead atoms. The Hall–Kier alpha value is -0.210. The maximum Gasteiger partial charge on any atom is 0.240 e. The lowest BCUT2D eigenvalue weighted by Gasteiger charge is -2.12. The van der Waals surface area contributed by atoms with E-state index in [2.05, 4.69) is 11.4 Å². The minimum absolute atomic E-state index is 0. The topological polar surface area (TPSA) is 29.1 Å². The molecular formula is C8H13Cl2NO. The van der Waals surface area contributed by atoms with Gasteiger partial charge in [-0.2, -0.15) is 0 Å². The Balaban J connectivity index is 0.00000121. The van der Waals surface area contributed by atoms with Crippen molar-refractivity contribution in [3.05, 3.63) is 11.8 Å². The van der Waals surface area contributed by atoms with Gasteiger partial charge in [-0.05, 0) is 37.3 Å². The molecule has 1 aliphatic rings. The van der Waals surface area contributed by atoms with Gasteiger partial charge in [-0.25, -0.2) is 0 Å². The molecule has 0 spiro atoms. The van der Waals surface area contributed by atoms with Crippen molar-refractivity contribution in [2.24, 2.45) is 0 Å². The molecule has 1 aliphatic carbocycles. The summed E-state index contributed by atoms with van der Waals surface area (Å²) in [5.74, 6) is 0. The molecule has 70 valence electrons. The average Bonchev–Trinajstić information content (AvgIpc) is 2.03. The molecule has 1 N–H and O–H groups in total. The number of carbonyl (C=O) groups is 1. The Morgan fingerprint density at radius 2 is 2.33 bits per heavy atom. The molecule has 0 atom stereocenters. The molecule has 0 saturated carbocycles. The number of allylic oxidation sites excluding steroid dienone is 2. The van der Waals surface area contributed by atoms with Crippen LogP contribution in [0.1, 0.15) is 25.7 Å². The second-order valence-electron chi connectivity index (χ2n) is 2.68. The van der Waals surface area contributed by atoms with Crippen LogP contribution in [-0.4, -0.2) is 11.8 Å². The predicted molar refractivity (Wildman–Crippen MR) is 52.7 cm³/mol. The van der Waals surface area contributed by atoms with E-state index in [-0.39, 0.29) is 24.2 Å². The fourth-order valence-electron chi connectivity index (χ4n) is 1.18. The van der Waals surface area contributed by atoms with E-state index in [0.29, 0.717) is 0 Å². The number of hydrogen-bond acceptors (Lipinski definition) is 2. The zero-order valence-corrected chi connectivity index (χ0v) is 8.38. The van der Waals surface area contributed by atoms with E-state index in [9.17, 15) is 4.79 Å². The van der Waals surface area contributed by atoms with Crippen LogP contribution >= 0.6 is 24.0 Å². The highest BCUT2D eigenvalue weighted by Gasteiger charge is 2.03. The summed E-state index contributed by atoms with van der Waals surface area (Å²) in [6.07, 6.45) is 6.81. The lowest BCUT2D eigenvalue weighted by Crippen LogP contribution is -2.20. The first kappa shape index (κ1) is 11.8. The Kier molecular flexibility index (Phi) is 6.21. The first-order valence-electron chi connectivity index (χ1n) is 3.90. The summed E-state index contributed by atoms with van der Waals surface area (Å²) >= 11 is 5.17. The Bertz CT molecular complexity index is 180. The highest BCUT2D eigenvalue weighted by Crippen LogP contribution is 2.14. The Morgan fingerprint density at radius 1 is 1.58 bits per heavy atom. The maximum atomic E-state index is 10.4. The lowest BCUT2D eigenvalue weighted by molar-refractivity contribution is -0.110. The molecule has 12 heavy (non-hydrogen) atoms. The van der Waals surface area contributed by atoms with Gasteiger partial charge in [0.15, 0.2) is 0 Å². The van der Waals surface area contributed by atoms with Crippen LogP contribution in [0.3, 0.4) is 0 Å². The highest BCUT2D eigenvalue weighted by molar-refractivity contribution is 6.64. The summed E-state index contributed by atoms with van der Waals surface area (Å²) in [6, 6.07) is 0. The minimum Gasteiger partial charge on any atom is -0.380 e. The van der Waals surface area contributed by atoms with Crippen molar-refractivity contribution < 1.29 is 4.79 Å². The molecule has 4 heteroatoms. The van der Waals surface area contributed by atoms with Crippen molar-refractivity contribution in [3.63, 3.8) is 0 Å². The number of rotatable bonds is 3. The van der Waals surface area contributed by atoms with Crippen molar-refractivity contribution in [1.29, 1.82) is 0 Å². The van der Waals surface area contributed by atoms with Crippen molar-refractivity contribution >= 4 is 29.3 Å². The molecule has 0 amide bonds. The molecule has 0 saturated heterocycles. The molecule has 2 nitrogen and oxygen atoms in total. The third kappa shape index (κ3) is 4.62. The van der Waals surface area contributed by atoms with Gasteiger partial charge in [0.05, 0.1) is 6.54 Å². The molecule has 0 heterocycles. The van der Waals surface area contributed by atoms with E-state index in [1.54, 1.807) is 0 Å². The van der Waals surface area contributed by atoms with Crippen LogP contribution in [0.25, 0.3) is 0 Å². The smallest absolute Gasteiger partial charge is 0.240 e. The summed E-state index contributed by atoms with van der Waals surface area (Å²) in [5.41, 5.74) is 1.17. The van der Waals surface area contributed by atoms with E-state index in [4.69, 9.17) is 11.6 Å². The van der Waals surface area contributed by atoms with Crippen molar-refractivity contribution in [2.75, 3.05) is 6.54 Å². The fraction of sp³-hybridized carbons (Fsp3) is 0.625. The van der Waals surface area contributed by atoms with Crippen LogP contribution in [0.15, 0.2) is 11.8 Å². The SMILES string of the molecule is Cl.O=C(Cl)CNC1=CCCCC1. The van der Waals surface area contributed by atoms with E-state index < -0.39 is 0 Å². The molecule has 0 aromatic heterocycles. The monoisotopic (exact) mass is 209 g/mol. The van der Waals surface area contributed by atoms with Crippen LogP contribution in [-0.2, 0) is 4.79 Å². The van der Waals surface area contributed by atoms with Crippen LogP contribution in [0.2, 0.25) is 0 Å². The van der Waals surface area contributed by atoms with Gasteiger partial charge >= 0.3 is 0 Å². The standard InChI is InChI=1S/C8H12ClNO.ClH/c9-8(11)6-10-7-4-2-1-3-5-7;/h4,10H,1-3,5-6H2;1H. The minimum atomic E-state index is -0.323. The molecule has 1 rings (SSSR count). The van der Waals surface area contributed by atoms with Crippen molar-refractivity contribution in [2.45, 2.75) is 25.7 Å². The maximum absolute atomic E-state index is 10.4. The van der Waals surface area contributed by atoms with Gasteiger partial charge in [0.25, 0.3) is 0 Å². The summed E-state index contributed by atoms with van der Waals surface area (Å²) in [6.45, 7) is 0.257. The molecule has 0 aromatic rings. The summed E-state index contributed by atoms with van der Waals surface area (Å²) in [4.78, 5) is 10.4. The van der Waals surface area contributed by atoms with Crippen LogP contribution in [0.4, 0.5) is 0 Å². The quantitative estimate of drug-likeness (QED) is 0.723. The lowest BCUT2D eigenvalue weighted by atomic mass is 10.1. The number of hydrogen-bond donors (Lipinski definition) is 1. The molecular weight excluding hydrogens is 197 g/mol. The molecule has 0 aliphatic heterocycles. The number of halogens is 2. The van der Waals surface area contributed by atoms with Gasteiger partial charge in [-0.15, -0.1) is 12.4 Å². The summed E-state index contributed by atoms with van der Waals surface area (Å²) in [5, 5.41) is 2.68. The first-order valence-corrected chi connectivity index (χ1v) is 4.28. The largest absolute Gasteiger partial charge is 0.380 e. The fourth-order valence-corrected chi connectivity index (χ4v) is 1.25. The van der Waals surface area contributed by atoms with E-state index >= 15 is 0 Å². The van der Waals surface area contributed by atoms with E-state index in [1.807, 2.05) is 0 Å². The Labute approximate surface area is 83.8 Å². The number of nitrogens with one attached hydrogen (secondary N) is 1. The second kappa shape index (κ2) is 6.32. The zero-order chi connectivity index (χ0) is 8.10. The summed E-state index contributed by atoms with van der Waals surface area (Å²) in [7, 11) is 0. The van der Waals surface area contributed by atoms with Crippen LogP contribution in [0.5, 0.6) is 0 Å². The van der Waals surface area contributed by atoms with Gasteiger partial charge in [-0.1, -0.05) is 6.08 Å². The van der Waals surface area contributed by atoms with Crippen LogP contribution < -0.4 is 5.32 Å².